The van der Waals surface area contributed by atoms with Gasteiger partial charge in [0.25, 0.3) is 0 Å². The van der Waals surface area contributed by atoms with E-state index in [-0.39, 0.29) is 5.92 Å². The number of nitrogens with one attached hydrogen (secondary N) is 2. The van der Waals surface area contributed by atoms with Gasteiger partial charge in [-0.1, -0.05) is 19.1 Å². The third-order valence-corrected chi connectivity index (χ3v) is 5.15. The van der Waals surface area contributed by atoms with Crippen LogP contribution in [0.1, 0.15) is 27.7 Å². The van der Waals surface area contributed by atoms with Crippen molar-refractivity contribution in [3.8, 4) is 0 Å². The van der Waals surface area contributed by atoms with Crippen LogP contribution in [0.2, 0.25) is 0 Å². The van der Waals surface area contributed by atoms with E-state index in [9.17, 15) is 4.79 Å². The third kappa shape index (κ3) is 3.09. The van der Waals surface area contributed by atoms with Crippen molar-refractivity contribution >= 4 is 34.0 Å². The number of hydrogen-bond acceptors (Lipinski definition) is 5. The monoisotopic (exact) mass is 315 g/mol. The summed E-state index contributed by atoms with van der Waals surface area (Å²) in [6.45, 7) is 6.75. The molecule has 2 N–H and O–H groups in total. The Hall–Kier alpha value is -2.01. The fourth-order valence-corrected chi connectivity index (χ4v) is 3.46. The Labute approximate surface area is 135 Å². The summed E-state index contributed by atoms with van der Waals surface area (Å²) in [5, 5.41) is 12.5. The molecule has 1 aliphatic carbocycles. The normalized spacial score (nSPS) is 17.5. The Bertz CT molecular complexity index is 695. The summed E-state index contributed by atoms with van der Waals surface area (Å²) in [5.41, 5.74) is 3.95. The zero-order valence-corrected chi connectivity index (χ0v) is 14.2. The van der Waals surface area contributed by atoms with Gasteiger partial charge in [0.1, 0.15) is 0 Å². The number of anilines is 1. The van der Waals surface area contributed by atoms with Gasteiger partial charge in [-0.3, -0.25) is 15.2 Å². The van der Waals surface area contributed by atoms with Gasteiger partial charge in [0.15, 0.2) is 6.29 Å². The predicted molar refractivity (Wildman–Crippen MR) is 95.1 cm³/mol. The lowest BCUT2D eigenvalue weighted by Gasteiger charge is -2.20. The molecule has 0 saturated carbocycles. The molecule has 1 aliphatic rings. The number of nitrogens with zero attached hydrogens (tertiary/aromatic N) is 1. The molecule has 0 spiro atoms. The molecule has 0 aromatic carbocycles. The molecule has 1 aromatic rings. The molecule has 1 unspecified atom stereocenters. The van der Waals surface area contributed by atoms with Crippen molar-refractivity contribution in [2.24, 2.45) is 10.9 Å². The molecule has 0 saturated heterocycles. The largest absolute Gasteiger partial charge is 0.376 e. The lowest BCUT2D eigenvalue weighted by Crippen LogP contribution is -2.24. The van der Waals surface area contributed by atoms with Gasteiger partial charge in [-0.05, 0) is 31.1 Å². The first-order valence-corrected chi connectivity index (χ1v) is 8.04. The molecule has 0 amide bonds. The van der Waals surface area contributed by atoms with Gasteiger partial charge < -0.3 is 5.32 Å². The standard InChI is InChI=1S/C17H21N3OS/c1-10(13-6-5-7-15(19-4)16(13)18)8-20-17-14(9-21)11(2)12(3)22-17/h5-7,9-10,18,20H,8H2,1-4H3. The summed E-state index contributed by atoms with van der Waals surface area (Å²) >= 11 is 1.61. The van der Waals surface area contributed by atoms with E-state index >= 15 is 0 Å². The predicted octanol–water partition coefficient (Wildman–Crippen LogP) is 3.81. The Morgan fingerprint density at radius 3 is 2.82 bits per heavy atom. The highest BCUT2D eigenvalue weighted by Crippen LogP contribution is 2.31. The SMILES string of the molecule is CN=C1C=CC=C(C(C)CNc2sc(C)c(C)c2C=O)C1=N. The summed E-state index contributed by atoms with van der Waals surface area (Å²) < 4.78 is 0. The maximum absolute atomic E-state index is 11.2. The van der Waals surface area contributed by atoms with Crippen LogP contribution < -0.4 is 5.32 Å². The van der Waals surface area contributed by atoms with Crippen LogP contribution in [0.5, 0.6) is 0 Å². The number of aryl methyl sites for hydroxylation is 1. The van der Waals surface area contributed by atoms with E-state index in [2.05, 4.69) is 17.2 Å². The minimum atomic E-state index is 0.163. The molecular formula is C17H21N3OS. The fourth-order valence-electron chi connectivity index (χ4n) is 2.43. The van der Waals surface area contributed by atoms with E-state index in [0.717, 1.165) is 32.9 Å². The van der Waals surface area contributed by atoms with Crippen molar-refractivity contribution in [1.29, 1.82) is 5.41 Å². The van der Waals surface area contributed by atoms with Gasteiger partial charge in [0.2, 0.25) is 0 Å². The molecule has 0 bridgehead atoms. The molecule has 5 heteroatoms. The van der Waals surface area contributed by atoms with Crippen LogP contribution in [0.3, 0.4) is 0 Å². The second-order valence-corrected chi connectivity index (χ2v) is 6.62. The van der Waals surface area contributed by atoms with Crippen LogP contribution in [0.25, 0.3) is 0 Å². The smallest absolute Gasteiger partial charge is 0.153 e. The highest BCUT2D eigenvalue weighted by molar-refractivity contribution is 7.16. The van der Waals surface area contributed by atoms with Crippen LogP contribution >= 0.6 is 11.3 Å². The molecule has 4 nitrogen and oxygen atoms in total. The number of carbonyl (C=O) groups excluding carboxylic acids is 1. The van der Waals surface area contributed by atoms with Crippen LogP contribution in [-0.4, -0.2) is 31.3 Å². The first kappa shape index (κ1) is 16.4. The first-order chi connectivity index (χ1) is 10.5. The summed E-state index contributed by atoms with van der Waals surface area (Å²) in [7, 11) is 1.70. The van der Waals surface area contributed by atoms with E-state index in [1.807, 2.05) is 32.1 Å². The van der Waals surface area contributed by atoms with Gasteiger partial charge >= 0.3 is 0 Å². The Kier molecular flexibility index (Phi) is 5.08. The van der Waals surface area contributed by atoms with Crippen molar-refractivity contribution in [2.75, 3.05) is 18.9 Å². The molecule has 0 fully saturated rings. The topological polar surface area (TPSA) is 65.3 Å². The molecule has 0 aliphatic heterocycles. The number of aldehydes is 1. The van der Waals surface area contributed by atoms with Gasteiger partial charge in [0.05, 0.1) is 22.0 Å². The quantitative estimate of drug-likeness (QED) is 0.641. The second kappa shape index (κ2) is 6.83. The minimum absolute atomic E-state index is 0.163. The maximum Gasteiger partial charge on any atom is 0.153 e. The van der Waals surface area contributed by atoms with E-state index in [4.69, 9.17) is 5.41 Å². The van der Waals surface area contributed by atoms with Crippen molar-refractivity contribution < 1.29 is 4.79 Å². The van der Waals surface area contributed by atoms with Gasteiger partial charge in [0, 0.05) is 24.4 Å². The Morgan fingerprint density at radius 1 is 1.45 bits per heavy atom. The fraction of sp³-hybridized carbons (Fsp3) is 0.353. The van der Waals surface area contributed by atoms with E-state index in [1.54, 1.807) is 18.4 Å². The summed E-state index contributed by atoms with van der Waals surface area (Å²) in [5.74, 6) is 0.163. The average molecular weight is 315 g/mol. The number of thiophene rings is 1. The zero-order valence-electron chi connectivity index (χ0n) is 13.4. The van der Waals surface area contributed by atoms with Crippen LogP contribution in [0.4, 0.5) is 5.00 Å². The van der Waals surface area contributed by atoms with Crippen molar-refractivity contribution in [1.82, 2.24) is 0 Å². The molecule has 22 heavy (non-hydrogen) atoms. The average Bonchev–Trinajstić information content (AvgIpc) is 2.79. The Morgan fingerprint density at radius 2 is 2.18 bits per heavy atom. The highest BCUT2D eigenvalue weighted by atomic mass is 32.1. The first-order valence-electron chi connectivity index (χ1n) is 7.23. The van der Waals surface area contributed by atoms with Gasteiger partial charge in [-0.15, -0.1) is 11.3 Å². The van der Waals surface area contributed by atoms with Crippen molar-refractivity contribution in [2.45, 2.75) is 20.8 Å². The molecule has 1 atom stereocenters. The number of carbonyl (C=O) groups is 1. The van der Waals surface area contributed by atoms with Crippen LogP contribution in [-0.2, 0) is 0 Å². The summed E-state index contributed by atoms with van der Waals surface area (Å²) in [4.78, 5) is 16.5. The van der Waals surface area contributed by atoms with Crippen LogP contribution in [0.15, 0.2) is 28.8 Å². The maximum atomic E-state index is 11.2. The van der Waals surface area contributed by atoms with E-state index in [0.29, 0.717) is 18.0 Å². The lowest BCUT2D eigenvalue weighted by atomic mass is 9.90. The van der Waals surface area contributed by atoms with Crippen LogP contribution in [0, 0.1) is 25.2 Å². The molecule has 1 heterocycles. The van der Waals surface area contributed by atoms with Gasteiger partial charge in [-0.2, -0.15) is 0 Å². The zero-order chi connectivity index (χ0) is 16.3. The van der Waals surface area contributed by atoms with Gasteiger partial charge in [-0.25, -0.2) is 0 Å². The minimum Gasteiger partial charge on any atom is -0.376 e. The second-order valence-electron chi connectivity index (χ2n) is 5.39. The molecule has 1 aromatic heterocycles. The van der Waals surface area contributed by atoms with E-state index < -0.39 is 0 Å². The molecule has 116 valence electrons. The summed E-state index contributed by atoms with van der Waals surface area (Å²) in [6.07, 6.45) is 6.66. The lowest BCUT2D eigenvalue weighted by molar-refractivity contribution is 0.112. The van der Waals surface area contributed by atoms with Crippen molar-refractivity contribution in [3.05, 3.63) is 39.8 Å². The number of hydrogen-bond donors (Lipinski definition) is 2. The highest BCUT2D eigenvalue weighted by Gasteiger charge is 2.19. The number of rotatable bonds is 5. The third-order valence-electron chi connectivity index (χ3n) is 3.97. The number of allylic oxidation sites excluding steroid dienone is 3. The Balaban J connectivity index is 2.11. The van der Waals surface area contributed by atoms with Crippen molar-refractivity contribution in [3.63, 3.8) is 0 Å². The summed E-state index contributed by atoms with van der Waals surface area (Å²) in [6, 6.07) is 0. The van der Waals surface area contributed by atoms with E-state index in [1.165, 1.54) is 0 Å². The molecule has 2 rings (SSSR count). The molecular weight excluding hydrogens is 294 g/mol. The number of aliphatic imine (C=N–C) groups is 1. The molecule has 0 radical (unpaired) electrons.